The summed E-state index contributed by atoms with van der Waals surface area (Å²) >= 11 is 0. The van der Waals surface area contributed by atoms with Crippen LogP contribution in [0.5, 0.6) is 0 Å². The molecule has 0 aliphatic rings. The smallest absolute Gasteiger partial charge is 0.326 e. The van der Waals surface area contributed by atoms with Gasteiger partial charge < -0.3 is 16.2 Å². The number of hydrogen-bond donors (Lipinski definition) is 3. The molecule has 0 aromatic carbocycles. The van der Waals surface area contributed by atoms with Gasteiger partial charge in [0.2, 0.25) is 5.91 Å². The number of carbonyl (C=O) groups is 2. The van der Waals surface area contributed by atoms with E-state index in [9.17, 15) is 9.59 Å². The van der Waals surface area contributed by atoms with E-state index >= 15 is 0 Å². The molecule has 0 rings (SSSR count). The number of nitrogens with one attached hydrogen (secondary N) is 1. The Hall–Kier alpha value is -1.10. The highest BCUT2D eigenvalue weighted by Crippen LogP contribution is 2.04. The van der Waals surface area contributed by atoms with Crippen molar-refractivity contribution in [3.63, 3.8) is 0 Å². The number of carbonyl (C=O) groups excluding carboxylic acids is 1. The van der Waals surface area contributed by atoms with Crippen LogP contribution in [0.3, 0.4) is 0 Å². The summed E-state index contributed by atoms with van der Waals surface area (Å²) in [5.74, 6) is -1.07. The Morgan fingerprint density at radius 1 is 1.38 bits per heavy atom. The van der Waals surface area contributed by atoms with E-state index in [-0.39, 0.29) is 24.3 Å². The lowest BCUT2D eigenvalue weighted by atomic mass is 10.0. The quantitative estimate of drug-likeness (QED) is 0.601. The minimum absolute atomic E-state index is 0.172. The van der Waals surface area contributed by atoms with Crippen molar-refractivity contribution in [3.05, 3.63) is 0 Å². The van der Waals surface area contributed by atoms with Gasteiger partial charge in [0.15, 0.2) is 0 Å². The third-order valence-corrected chi connectivity index (χ3v) is 2.49. The molecule has 0 radical (unpaired) electrons. The minimum Gasteiger partial charge on any atom is -0.480 e. The maximum absolute atomic E-state index is 11.5. The Kier molecular flexibility index (Phi) is 6.72. The summed E-state index contributed by atoms with van der Waals surface area (Å²) < 4.78 is 0. The van der Waals surface area contributed by atoms with Gasteiger partial charge in [0, 0.05) is 12.5 Å². The average Bonchev–Trinajstić information content (AvgIpc) is 2.16. The number of rotatable bonds is 7. The van der Waals surface area contributed by atoms with Crippen molar-refractivity contribution >= 4 is 11.9 Å². The van der Waals surface area contributed by atoms with Crippen molar-refractivity contribution in [2.24, 2.45) is 11.7 Å². The summed E-state index contributed by atoms with van der Waals surface area (Å²) in [6, 6.07) is -1.02. The van der Waals surface area contributed by atoms with Crippen LogP contribution >= 0.6 is 0 Å². The Labute approximate surface area is 96.4 Å². The predicted octanol–water partition coefficient (Wildman–Crippen LogP) is 0.729. The second-order valence-corrected chi connectivity index (χ2v) is 4.36. The number of carboxylic acid groups (broad SMARTS) is 1. The van der Waals surface area contributed by atoms with Gasteiger partial charge in [0.05, 0.1) is 0 Å². The van der Waals surface area contributed by atoms with Crippen molar-refractivity contribution in [2.45, 2.75) is 52.1 Å². The van der Waals surface area contributed by atoms with E-state index in [2.05, 4.69) is 5.32 Å². The molecule has 4 N–H and O–H groups in total. The number of aliphatic carboxylic acids is 1. The molecule has 0 saturated carbocycles. The minimum atomic E-state index is -0.992. The first-order valence-corrected chi connectivity index (χ1v) is 5.66. The second kappa shape index (κ2) is 7.22. The van der Waals surface area contributed by atoms with Crippen molar-refractivity contribution in [3.8, 4) is 0 Å². The van der Waals surface area contributed by atoms with Crippen LogP contribution < -0.4 is 11.1 Å². The second-order valence-electron chi connectivity index (χ2n) is 4.36. The van der Waals surface area contributed by atoms with Crippen molar-refractivity contribution in [1.29, 1.82) is 0 Å². The molecule has 94 valence electrons. The monoisotopic (exact) mass is 230 g/mol. The molecular formula is C11H22N2O3. The maximum atomic E-state index is 11.5. The highest BCUT2D eigenvalue weighted by molar-refractivity contribution is 5.83. The molecule has 2 atom stereocenters. The van der Waals surface area contributed by atoms with Gasteiger partial charge in [-0.15, -0.1) is 0 Å². The number of carboxylic acids is 1. The Balaban J connectivity index is 4.14. The lowest BCUT2D eigenvalue weighted by Gasteiger charge is -2.18. The molecular weight excluding hydrogens is 208 g/mol. The maximum Gasteiger partial charge on any atom is 0.326 e. The molecule has 0 aliphatic heterocycles. The summed E-state index contributed by atoms with van der Waals surface area (Å²) in [5, 5.41) is 11.3. The first kappa shape index (κ1) is 14.9. The third kappa shape index (κ3) is 5.70. The summed E-state index contributed by atoms with van der Waals surface area (Å²) in [4.78, 5) is 22.3. The fourth-order valence-electron chi connectivity index (χ4n) is 1.25. The van der Waals surface area contributed by atoms with Gasteiger partial charge in [0.25, 0.3) is 0 Å². The first-order chi connectivity index (χ1) is 7.38. The van der Waals surface area contributed by atoms with Gasteiger partial charge in [-0.3, -0.25) is 4.79 Å². The normalized spacial score (nSPS) is 14.6. The van der Waals surface area contributed by atoms with E-state index in [4.69, 9.17) is 10.8 Å². The van der Waals surface area contributed by atoms with Crippen molar-refractivity contribution < 1.29 is 14.7 Å². The van der Waals surface area contributed by atoms with Crippen LogP contribution in [0, 0.1) is 5.92 Å². The van der Waals surface area contributed by atoms with Crippen molar-refractivity contribution in [1.82, 2.24) is 5.32 Å². The Bertz CT molecular complexity index is 241. The highest BCUT2D eigenvalue weighted by atomic mass is 16.4. The molecule has 0 aromatic heterocycles. The molecule has 0 aliphatic carbocycles. The van der Waals surface area contributed by atoms with Crippen LogP contribution in [0.2, 0.25) is 0 Å². The summed E-state index contributed by atoms with van der Waals surface area (Å²) in [6.45, 7) is 5.74. The van der Waals surface area contributed by atoms with Gasteiger partial charge in [-0.2, -0.15) is 0 Å². The van der Waals surface area contributed by atoms with Gasteiger partial charge in [-0.25, -0.2) is 4.79 Å². The molecule has 0 bridgehead atoms. The lowest BCUT2D eigenvalue weighted by Crippen LogP contribution is -2.43. The van der Waals surface area contributed by atoms with Crippen LogP contribution in [-0.2, 0) is 9.59 Å². The Morgan fingerprint density at radius 2 is 1.94 bits per heavy atom. The first-order valence-electron chi connectivity index (χ1n) is 5.66. The molecule has 1 unspecified atom stereocenters. The van der Waals surface area contributed by atoms with Crippen LogP contribution in [0.25, 0.3) is 0 Å². The molecule has 5 heteroatoms. The molecule has 1 amide bonds. The van der Waals surface area contributed by atoms with E-state index in [0.717, 1.165) is 0 Å². The van der Waals surface area contributed by atoms with E-state index in [0.29, 0.717) is 12.8 Å². The molecule has 0 spiro atoms. The van der Waals surface area contributed by atoms with Gasteiger partial charge in [-0.05, 0) is 12.3 Å². The number of hydrogen-bond acceptors (Lipinski definition) is 3. The van der Waals surface area contributed by atoms with Gasteiger partial charge >= 0.3 is 5.97 Å². The van der Waals surface area contributed by atoms with Crippen LogP contribution in [-0.4, -0.2) is 29.1 Å². The summed E-state index contributed by atoms with van der Waals surface area (Å²) in [5.41, 5.74) is 5.73. The number of nitrogens with two attached hydrogens (primary N) is 1. The van der Waals surface area contributed by atoms with Crippen molar-refractivity contribution in [2.75, 3.05) is 0 Å². The SMILES string of the molecule is CCC[C@H](NC(=O)CC(N)C(C)C)C(=O)O. The fraction of sp³-hybridized carbons (Fsp3) is 0.818. The van der Waals surface area contributed by atoms with E-state index in [1.807, 2.05) is 20.8 Å². The molecule has 5 nitrogen and oxygen atoms in total. The molecule has 0 heterocycles. The van der Waals surface area contributed by atoms with Crippen LogP contribution in [0.4, 0.5) is 0 Å². The number of amides is 1. The van der Waals surface area contributed by atoms with E-state index in [1.54, 1.807) is 0 Å². The standard InChI is InChI=1S/C11H22N2O3/c1-4-5-9(11(15)16)13-10(14)6-8(12)7(2)3/h7-9H,4-6,12H2,1-3H3,(H,13,14)(H,15,16)/t8?,9-/m0/s1. The largest absolute Gasteiger partial charge is 0.480 e. The summed E-state index contributed by atoms with van der Waals surface area (Å²) in [7, 11) is 0. The Morgan fingerprint density at radius 3 is 2.31 bits per heavy atom. The zero-order chi connectivity index (χ0) is 12.7. The van der Waals surface area contributed by atoms with Crippen LogP contribution in [0.15, 0.2) is 0 Å². The summed E-state index contributed by atoms with van der Waals surface area (Å²) in [6.07, 6.45) is 1.33. The highest BCUT2D eigenvalue weighted by Gasteiger charge is 2.20. The molecule has 0 saturated heterocycles. The average molecular weight is 230 g/mol. The third-order valence-electron chi connectivity index (χ3n) is 2.49. The van der Waals surface area contributed by atoms with E-state index in [1.165, 1.54) is 0 Å². The zero-order valence-electron chi connectivity index (χ0n) is 10.2. The lowest BCUT2D eigenvalue weighted by molar-refractivity contribution is -0.142. The molecule has 16 heavy (non-hydrogen) atoms. The van der Waals surface area contributed by atoms with Crippen LogP contribution in [0.1, 0.15) is 40.0 Å². The van der Waals surface area contributed by atoms with Gasteiger partial charge in [0.1, 0.15) is 6.04 Å². The molecule has 0 fully saturated rings. The van der Waals surface area contributed by atoms with Gasteiger partial charge in [-0.1, -0.05) is 27.2 Å². The van der Waals surface area contributed by atoms with E-state index < -0.39 is 12.0 Å². The molecule has 0 aromatic rings. The zero-order valence-corrected chi connectivity index (χ0v) is 10.2. The fourth-order valence-corrected chi connectivity index (χ4v) is 1.25. The topological polar surface area (TPSA) is 92.4 Å². The predicted molar refractivity (Wildman–Crippen MR) is 61.9 cm³/mol.